The van der Waals surface area contributed by atoms with E-state index in [0.29, 0.717) is 0 Å². The van der Waals surface area contributed by atoms with Crippen LogP contribution >= 0.6 is 0 Å². The van der Waals surface area contributed by atoms with Gasteiger partial charge in [-0.25, -0.2) is 13.1 Å². The molecule has 1 atom stereocenters. The molecule has 0 heterocycles. The molecule has 1 aromatic carbocycles. The Bertz CT molecular complexity index is 500. The minimum atomic E-state index is -3.46. The van der Waals surface area contributed by atoms with Gasteiger partial charge >= 0.3 is 0 Å². The number of sulfonamides is 1. The highest BCUT2D eigenvalue weighted by Gasteiger charge is 2.16. The Morgan fingerprint density at radius 2 is 2.06 bits per heavy atom. The smallest absolute Gasteiger partial charge is 0.212 e. The van der Waals surface area contributed by atoms with E-state index in [1.54, 1.807) is 0 Å². The first-order chi connectivity index (χ1) is 8.44. The second-order valence-electron chi connectivity index (χ2n) is 4.01. The van der Waals surface area contributed by atoms with Crippen molar-refractivity contribution in [3.05, 3.63) is 35.9 Å². The molecule has 0 amide bonds. The maximum atomic E-state index is 11.7. The molecule has 1 aromatic rings. The van der Waals surface area contributed by atoms with E-state index in [9.17, 15) is 8.42 Å². The van der Waals surface area contributed by atoms with E-state index >= 15 is 0 Å². The highest BCUT2D eigenvalue weighted by atomic mass is 32.2. The maximum Gasteiger partial charge on any atom is 0.212 e. The predicted molar refractivity (Wildman–Crippen MR) is 70.1 cm³/mol. The maximum absolute atomic E-state index is 11.7. The summed E-state index contributed by atoms with van der Waals surface area (Å²) in [7, 11) is -3.46. The predicted octanol–water partition coefficient (Wildman–Crippen LogP) is 0.456. The first kappa shape index (κ1) is 14.5. The van der Waals surface area contributed by atoms with Gasteiger partial charge in [0.1, 0.15) is 0 Å². The van der Waals surface area contributed by atoms with Crippen molar-refractivity contribution in [3.63, 3.8) is 0 Å². The summed E-state index contributed by atoms with van der Waals surface area (Å²) in [5, 5.41) is 11.0. The number of hydrogen-bond acceptors (Lipinski definition) is 4. The number of hydrogen-bond donors (Lipinski definition) is 3. The van der Waals surface area contributed by atoms with Crippen molar-refractivity contribution in [2.24, 2.45) is 10.9 Å². The number of benzene rings is 1. The SMILES string of the molecule is CC(CS(=O)(=O)NC/C(N)=N/O)c1ccccc1. The van der Waals surface area contributed by atoms with Crippen LogP contribution in [0.25, 0.3) is 0 Å². The Kier molecular flexibility index (Phi) is 5.11. The van der Waals surface area contributed by atoms with Crippen molar-refractivity contribution >= 4 is 15.9 Å². The van der Waals surface area contributed by atoms with Crippen molar-refractivity contribution in [3.8, 4) is 0 Å². The molecule has 1 unspecified atom stereocenters. The molecule has 0 aliphatic heterocycles. The van der Waals surface area contributed by atoms with Crippen LogP contribution in [0.3, 0.4) is 0 Å². The number of rotatable bonds is 6. The number of nitrogens with zero attached hydrogens (tertiary/aromatic N) is 1. The second kappa shape index (κ2) is 6.36. The quantitative estimate of drug-likeness (QED) is 0.302. The molecule has 1 rings (SSSR count). The molecular formula is C11H17N3O3S. The lowest BCUT2D eigenvalue weighted by molar-refractivity contribution is 0.317. The fraction of sp³-hybridized carbons (Fsp3) is 0.364. The molecule has 0 saturated carbocycles. The third-order valence-corrected chi connectivity index (χ3v) is 3.96. The number of nitrogens with two attached hydrogens (primary N) is 1. The molecule has 0 radical (unpaired) electrons. The van der Waals surface area contributed by atoms with E-state index < -0.39 is 10.0 Å². The topological polar surface area (TPSA) is 105 Å². The highest BCUT2D eigenvalue weighted by Crippen LogP contribution is 2.15. The summed E-state index contributed by atoms with van der Waals surface area (Å²) in [6, 6.07) is 9.36. The van der Waals surface area contributed by atoms with E-state index in [-0.39, 0.29) is 24.1 Å². The van der Waals surface area contributed by atoms with Crippen LogP contribution in [0.1, 0.15) is 18.4 Å². The zero-order valence-corrected chi connectivity index (χ0v) is 10.9. The van der Waals surface area contributed by atoms with E-state index in [0.717, 1.165) is 5.56 Å². The summed E-state index contributed by atoms with van der Waals surface area (Å²) in [5.74, 6) is -0.350. The molecule has 7 heteroatoms. The normalized spacial score (nSPS) is 14.4. The van der Waals surface area contributed by atoms with Gasteiger partial charge in [-0.1, -0.05) is 42.4 Å². The fourth-order valence-electron chi connectivity index (χ4n) is 1.49. The Hall–Kier alpha value is -1.60. The molecule has 18 heavy (non-hydrogen) atoms. The third-order valence-electron chi connectivity index (χ3n) is 2.44. The van der Waals surface area contributed by atoms with Crippen LogP contribution in [-0.4, -0.2) is 31.8 Å². The van der Waals surface area contributed by atoms with Gasteiger partial charge in [-0.3, -0.25) is 0 Å². The highest BCUT2D eigenvalue weighted by molar-refractivity contribution is 7.89. The molecule has 0 saturated heterocycles. The summed E-state index contributed by atoms with van der Waals surface area (Å²) in [4.78, 5) is 0. The van der Waals surface area contributed by atoms with Crippen molar-refractivity contribution in [1.82, 2.24) is 4.72 Å². The van der Waals surface area contributed by atoms with E-state index in [2.05, 4.69) is 9.88 Å². The monoisotopic (exact) mass is 271 g/mol. The second-order valence-corrected chi connectivity index (χ2v) is 5.86. The molecule has 100 valence electrons. The van der Waals surface area contributed by atoms with Crippen LogP contribution in [-0.2, 0) is 10.0 Å². The van der Waals surface area contributed by atoms with Crippen LogP contribution in [0.15, 0.2) is 35.5 Å². The average Bonchev–Trinajstić information content (AvgIpc) is 2.36. The van der Waals surface area contributed by atoms with E-state index in [1.807, 2.05) is 37.3 Å². The molecule has 6 nitrogen and oxygen atoms in total. The summed E-state index contributed by atoms with van der Waals surface area (Å²) in [6.07, 6.45) is 0. The molecule has 4 N–H and O–H groups in total. The molecular weight excluding hydrogens is 254 g/mol. The van der Waals surface area contributed by atoms with Gasteiger partial charge in [0, 0.05) is 0 Å². The lowest BCUT2D eigenvalue weighted by Gasteiger charge is -2.12. The Balaban J connectivity index is 2.61. The lowest BCUT2D eigenvalue weighted by Crippen LogP contribution is -2.36. The zero-order valence-electron chi connectivity index (χ0n) is 10.1. The number of nitrogens with one attached hydrogen (secondary N) is 1. The third kappa shape index (κ3) is 4.72. The van der Waals surface area contributed by atoms with Gasteiger partial charge in [0.25, 0.3) is 0 Å². The summed E-state index contributed by atoms with van der Waals surface area (Å²) < 4.78 is 25.7. The van der Waals surface area contributed by atoms with E-state index in [4.69, 9.17) is 10.9 Å². The Morgan fingerprint density at radius 3 is 2.61 bits per heavy atom. The van der Waals surface area contributed by atoms with Gasteiger partial charge in [-0.2, -0.15) is 0 Å². The molecule has 0 bridgehead atoms. The van der Waals surface area contributed by atoms with Gasteiger partial charge in [-0.15, -0.1) is 0 Å². The van der Waals surface area contributed by atoms with Crippen LogP contribution < -0.4 is 10.5 Å². The average molecular weight is 271 g/mol. The van der Waals surface area contributed by atoms with Crippen molar-refractivity contribution in [2.75, 3.05) is 12.3 Å². The minimum Gasteiger partial charge on any atom is -0.409 e. The van der Waals surface area contributed by atoms with Gasteiger partial charge in [0.2, 0.25) is 10.0 Å². The summed E-state index contributed by atoms with van der Waals surface area (Å²) in [5.41, 5.74) is 6.15. The molecule has 0 spiro atoms. The van der Waals surface area contributed by atoms with Crippen molar-refractivity contribution < 1.29 is 13.6 Å². The van der Waals surface area contributed by atoms with Crippen LogP contribution in [0, 0.1) is 0 Å². The van der Waals surface area contributed by atoms with Crippen LogP contribution in [0.4, 0.5) is 0 Å². The molecule has 0 aromatic heterocycles. The Labute approximate surface area is 107 Å². The van der Waals surface area contributed by atoms with Crippen LogP contribution in [0.2, 0.25) is 0 Å². The molecule has 0 aliphatic carbocycles. The summed E-state index contributed by atoms with van der Waals surface area (Å²) in [6.45, 7) is 1.64. The number of amidine groups is 1. The molecule has 0 aliphatic rings. The van der Waals surface area contributed by atoms with E-state index in [1.165, 1.54) is 0 Å². The lowest BCUT2D eigenvalue weighted by atomic mass is 10.0. The fourth-order valence-corrected chi connectivity index (χ4v) is 2.82. The minimum absolute atomic E-state index is 0.0459. The van der Waals surface area contributed by atoms with Crippen molar-refractivity contribution in [2.45, 2.75) is 12.8 Å². The van der Waals surface area contributed by atoms with Gasteiger partial charge in [0.15, 0.2) is 5.84 Å². The zero-order chi connectivity index (χ0) is 13.6. The van der Waals surface area contributed by atoms with Gasteiger partial charge in [-0.05, 0) is 11.5 Å². The first-order valence-corrected chi connectivity index (χ1v) is 7.08. The summed E-state index contributed by atoms with van der Waals surface area (Å²) >= 11 is 0. The van der Waals surface area contributed by atoms with Crippen molar-refractivity contribution in [1.29, 1.82) is 0 Å². The Morgan fingerprint density at radius 1 is 1.44 bits per heavy atom. The largest absolute Gasteiger partial charge is 0.409 e. The first-order valence-electron chi connectivity index (χ1n) is 5.43. The van der Waals surface area contributed by atoms with Gasteiger partial charge in [0.05, 0.1) is 12.3 Å². The standard InChI is InChI=1S/C11H17N3O3S/c1-9(10-5-3-2-4-6-10)8-18(16,17)13-7-11(12)14-15/h2-6,9,13,15H,7-8H2,1H3,(H2,12,14). The number of oxime groups is 1. The van der Waals surface area contributed by atoms with Crippen LogP contribution in [0.5, 0.6) is 0 Å². The molecule has 0 fully saturated rings. The van der Waals surface area contributed by atoms with Gasteiger partial charge < -0.3 is 10.9 Å².